The predicted octanol–water partition coefficient (Wildman–Crippen LogP) is 1.57. The minimum atomic E-state index is -4.37. The van der Waals surface area contributed by atoms with Crippen LogP contribution in [-0.4, -0.2) is 0 Å². The second-order valence-electron chi connectivity index (χ2n) is 4.02. The van der Waals surface area contributed by atoms with Crippen molar-refractivity contribution in [2.24, 2.45) is 0 Å². The van der Waals surface area contributed by atoms with Gasteiger partial charge in [-0.2, -0.15) is 0 Å². The van der Waals surface area contributed by atoms with Gasteiger partial charge in [0.2, 0.25) is 0 Å². The smallest absolute Gasteiger partial charge is 0.736 e. The molecule has 6 heteroatoms. The van der Waals surface area contributed by atoms with Crippen molar-refractivity contribution in [1.82, 2.24) is 0 Å². The molecular weight excluding hydrogens is 322 g/mol. The Bertz CT molecular complexity index is 594. The molecule has 120 valence electrons. The van der Waals surface area contributed by atoms with E-state index in [1.165, 1.54) is 0 Å². The van der Waals surface area contributed by atoms with Gasteiger partial charge in [-0.05, 0) is 23.3 Å². The molecule has 1 heterocycles. The first-order valence-electron chi connectivity index (χ1n) is 7.50. The maximum atomic E-state index is 11.7. The van der Waals surface area contributed by atoms with Crippen molar-refractivity contribution in [3.05, 3.63) is 59.7 Å². The van der Waals surface area contributed by atoms with Crippen LogP contribution in [0.25, 0.3) is 0 Å². The molecule has 2 aromatic carbocycles. The Hall–Kier alpha value is -0.770. The zero-order chi connectivity index (χ0) is 16.6. The molecule has 1 aliphatic heterocycles. The van der Waals surface area contributed by atoms with E-state index < -0.39 is 7.82 Å². The standard InChI is InChI=1S/C13H11O4P.2C2H6.Na/c14-18(15)16-12-7-3-1-5-10(12)9-11-6-2-4-8-13(11)17-18;2*1-2;/h1-8H,9H2,(H,14,15);2*1-2H3;/q;;;+1/p-1. The molecule has 23 heavy (non-hydrogen) atoms. The van der Waals surface area contributed by atoms with Gasteiger partial charge < -0.3 is 13.9 Å². The molecule has 0 amide bonds. The van der Waals surface area contributed by atoms with E-state index in [-0.39, 0.29) is 29.6 Å². The molecule has 0 atom stereocenters. The Morgan fingerprint density at radius 2 is 1.17 bits per heavy atom. The fourth-order valence-corrected chi connectivity index (χ4v) is 2.82. The van der Waals surface area contributed by atoms with Crippen molar-refractivity contribution in [2.75, 3.05) is 0 Å². The van der Waals surface area contributed by atoms with Crippen molar-refractivity contribution in [3.8, 4) is 11.5 Å². The third kappa shape index (κ3) is 6.33. The Morgan fingerprint density at radius 1 is 0.826 bits per heavy atom. The molecule has 0 fully saturated rings. The first-order valence-corrected chi connectivity index (χ1v) is 8.96. The number of rotatable bonds is 0. The second-order valence-corrected chi connectivity index (χ2v) is 5.28. The van der Waals surface area contributed by atoms with Gasteiger partial charge in [-0.15, -0.1) is 0 Å². The van der Waals surface area contributed by atoms with Crippen LogP contribution in [0.4, 0.5) is 0 Å². The molecule has 0 bridgehead atoms. The predicted molar refractivity (Wildman–Crippen MR) is 87.2 cm³/mol. The van der Waals surface area contributed by atoms with Crippen LogP contribution in [0.2, 0.25) is 0 Å². The van der Waals surface area contributed by atoms with E-state index in [2.05, 4.69) is 0 Å². The van der Waals surface area contributed by atoms with E-state index in [0.29, 0.717) is 17.9 Å². The topological polar surface area (TPSA) is 58.6 Å². The summed E-state index contributed by atoms with van der Waals surface area (Å²) in [4.78, 5) is 11.7. The van der Waals surface area contributed by atoms with Gasteiger partial charge in [0, 0.05) is 6.42 Å². The summed E-state index contributed by atoms with van der Waals surface area (Å²) in [5.74, 6) is 0.649. The van der Waals surface area contributed by atoms with E-state index in [9.17, 15) is 9.46 Å². The summed E-state index contributed by atoms with van der Waals surface area (Å²) in [6.07, 6.45) is 0.576. The molecule has 0 aliphatic carbocycles. The minimum absolute atomic E-state index is 0. The maximum Gasteiger partial charge on any atom is 1.00 e. The average Bonchev–Trinajstić information content (AvgIpc) is 2.53. The molecule has 3 rings (SSSR count). The van der Waals surface area contributed by atoms with E-state index in [4.69, 9.17) is 9.05 Å². The molecule has 0 saturated carbocycles. The van der Waals surface area contributed by atoms with Crippen molar-refractivity contribution in [2.45, 2.75) is 34.1 Å². The zero-order valence-corrected chi connectivity index (χ0v) is 17.3. The summed E-state index contributed by atoms with van der Waals surface area (Å²) in [6, 6.07) is 14.1. The molecule has 2 aromatic rings. The van der Waals surface area contributed by atoms with Gasteiger partial charge in [0.25, 0.3) is 0 Å². The van der Waals surface area contributed by atoms with E-state index in [1.807, 2.05) is 52.0 Å². The van der Waals surface area contributed by atoms with E-state index in [0.717, 1.165) is 11.1 Å². The summed E-state index contributed by atoms with van der Waals surface area (Å²) in [7, 11) is -4.37. The van der Waals surface area contributed by atoms with Crippen LogP contribution in [0.5, 0.6) is 11.5 Å². The van der Waals surface area contributed by atoms with Crippen molar-refractivity contribution in [3.63, 3.8) is 0 Å². The number of benzene rings is 2. The molecule has 0 aromatic heterocycles. The van der Waals surface area contributed by atoms with Gasteiger partial charge in [-0.25, -0.2) is 4.57 Å². The van der Waals surface area contributed by atoms with Crippen molar-refractivity contribution < 1.29 is 48.1 Å². The minimum Gasteiger partial charge on any atom is -0.736 e. The van der Waals surface area contributed by atoms with Crippen LogP contribution in [0.15, 0.2) is 48.5 Å². The van der Waals surface area contributed by atoms with Crippen LogP contribution < -0.4 is 43.5 Å². The summed E-state index contributed by atoms with van der Waals surface area (Å²) in [5, 5.41) is 0. The van der Waals surface area contributed by atoms with Crippen LogP contribution in [0, 0.1) is 0 Å². The van der Waals surface area contributed by atoms with Gasteiger partial charge in [0.15, 0.2) is 0 Å². The van der Waals surface area contributed by atoms with Gasteiger partial charge in [0.1, 0.15) is 11.5 Å². The SMILES string of the molecule is CC.CC.O=P1([O-])Oc2ccccc2Cc2ccccc2O1.[Na+]. The first-order chi connectivity index (χ1) is 10.6. The Labute approximate surface area is 160 Å². The molecule has 0 radical (unpaired) electrons. The number of fused-ring (bicyclic) bond motifs is 2. The number of hydrogen-bond acceptors (Lipinski definition) is 4. The maximum absolute atomic E-state index is 11.7. The van der Waals surface area contributed by atoms with E-state index in [1.54, 1.807) is 24.3 Å². The molecule has 0 N–H and O–H groups in total. The zero-order valence-electron chi connectivity index (χ0n) is 14.4. The van der Waals surface area contributed by atoms with Crippen LogP contribution in [0.3, 0.4) is 0 Å². The molecule has 0 saturated heterocycles. The van der Waals surface area contributed by atoms with Gasteiger partial charge in [0.05, 0.1) is 0 Å². The van der Waals surface area contributed by atoms with Crippen LogP contribution in [-0.2, 0) is 11.0 Å². The Kier molecular flexibility index (Phi) is 10.5. The quantitative estimate of drug-likeness (QED) is 0.538. The first kappa shape index (κ1) is 22.2. The number of phosphoric acid groups is 1. The average molecular weight is 344 g/mol. The van der Waals surface area contributed by atoms with Gasteiger partial charge in [-0.1, -0.05) is 64.1 Å². The molecular formula is C17H22NaO4P. The normalized spacial score (nSPS) is 13.3. The largest absolute Gasteiger partial charge is 1.00 e. The summed E-state index contributed by atoms with van der Waals surface area (Å²) in [5.41, 5.74) is 1.65. The second kappa shape index (κ2) is 10.9. The molecule has 0 spiro atoms. The molecule has 1 aliphatic rings. The fourth-order valence-electron chi connectivity index (χ4n) is 1.94. The third-order valence-electron chi connectivity index (χ3n) is 2.75. The third-order valence-corrected chi connectivity index (χ3v) is 3.59. The molecule has 0 unspecified atom stereocenters. The number of hydrogen-bond donors (Lipinski definition) is 0. The van der Waals surface area contributed by atoms with Gasteiger partial charge in [-0.3, -0.25) is 0 Å². The van der Waals surface area contributed by atoms with Crippen LogP contribution >= 0.6 is 7.82 Å². The fraction of sp³-hybridized carbons (Fsp3) is 0.294. The summed E-state index contributed by atoms with van der Waals surface area (Å²) in [6.45, 7) is 8.00. The van der Waals surface area contributed by atoms with Crippen molar-refractivity contribution >= 4 is 7.82 Å². The van der Waals surface area contributed by atoms with Crippen molar-refractivity contribution in [1.29, 1.82) is 0 Å². The Morgan fingerprint density at radius 3 is 1.57 bits per heavy atom. The van der Waals surface area contributed by atoms with E-state index >= 15 is 0 Å². The summed E-state index contributed by atoms with van der Waals surface area (Å²) < 4.78 is 21.6. The van der Waals surface area contributed by atoms with Crippen LogP contribution in [0.1, 0.15) is 38.8 Å². The Balaban J connectivity index is 0.000000901. The molecule has 4 nitrogen and oxygen atoms in total. The number of para-hydroxylation sites is 2. The summed E-state index contributed by atoms with van der Waals surface area (Å²) >= 11 is 0. The monoisotopic (exact) mass is 344 g/mol. The number of phosphoric ester groups is 1. The van der Waals surface area contributed by atoms with Gasteiger partial charge >= 0.3 is 37.4 Å².